The van der Waals surface area contributed by atoms with Crippen LogP contribution in [0.4, 0.5) is 0 Å². The molecule has 0 aromatic heterocycles. The number of halogens is 4. The van der Waals surface area contributed by atoms with Crippen molar-refractivity contribution >= 4 is 46.4 Å². The van der Waals surface area contributed by atoms with Crippen LogP contribution in [0.3, 0.4) is 0 Å². The summed E-state index contributed by atoms with van der Waals surface area (Å²) in [5.41, 5.74) is 0. The maximum Gasteiger partial charge on any atom is 0.154 e. The van der Waals surface area contributed by atoms with E-state index >= 15 is 0 Å². The molecule has 0 amide bonds. The molecule has 0 unspecified atom stereocenters. The standard InChI is InChI=1S/2C6H12Cl2O2/c1-6(9-4-2-7)10-5-3-8;7-1-3-9-5-6-10-4-2-8/h6H,2-5H2,1H3;1-6H2. The summed E-state index contributed by atoms with van der Waals surface area (Å²) in [6.07, 6.45) is -0.197. The van der Waals surface area contributed by atoms with E-state index in [1.807, 2.05) is 6.92 Å². The third kappa shape index (κ3) is 24.0. The van der Waals surface area contributed by atoms with E-state index in [9.17, 15) is 0 Å². The van der Waals surface area contributed by atoms with E-state index in [2.05, 4.69) is 0 Å². The van der Waals surface area contributed by atoms with Gasteiger partial charge in [-0.05, 0) is 6.92 Å². The molecule has 0 bridgehead atoms. The smallest absolute Gasteiger partial charge is 0.154 e. The molecule has 8 heteroatoms. The fourth-order valence-corrected chi connectivity index (χ4v) is 1.30. The minimum absolute atomic E-state index is 0.197. The summed E-state index contributed by atoms with van der Waals surface area (Å²) in [7, 11) is 0. The molecule has 20 heavy (non-hydrogen) atoms. The Labute approximate surface area is 141 Å². The van der Waals surface area contributed by atoms with Crippen molar-refractivity contribution in [2.24, 2.45) is 0 Å². The highest BCUT2D eigenvalue weighted by Crippen LogP contribution is 1.94. The molecule has 0 saturated heterocycles. The molecule has 124 valence electrons. The maximum absolute atomic E-state index is 5.37. The predicted molar refractivity (Wildman–Crippen MR) is 85.9 cm³/mol. The van der Waals surface area contributed by atoms with Crippen molar-refractivity contribution in [1.82, 2.24) is 0 Å². The predicted octanol–water partition coefficient (Wildman–Crippen LogP) is 3.34. The summed E-state index contributed by atoms with van der Waals surface area (Å²) < 4.78 is 20.2. The van der Waals surface area contributed by atoms with Crippen molar-refractivity contribution in [3.63, 3.8) is 0 Å². The van der Waals surface area contributed by atoms with E-state index in [1.165, 1.54) is 0 Å². The number of hydrogen-bond donors (Lipinski definition) is 0. The number of ether oxygens (including phenoxy) is 4. The zero-order valence-corrected chi connectivity index (χ0v) is 14.8. The Morgan fingerprint density at radius 2 is 0.950 bits per heavy atom. The first-order valence-electron chi connectivity index (χ1n) is 6.35. The second-order valence-electron chi connectivity index (χ2n) is 3.29. The molecule has 0 aliphatic carbocycles. The fraction of sp³-hybridized carbons (Fsp3) is 1.00. The van der Waals surface area contributed by atoms with Crippen molar-refractivity contribution in [3.8, 4) is 0 Å². The monoisotopic (exact) mass is 372 g/mol. The lowest BCUT2D eigenvalue weighted by molar-refractivity contribution is -0.122. The van der Waals surface area contributed by atoms with Crippen LogP contribution >= 0.6 is 46.4 Å². The van der Waals surface area contributed by atoms with Gasteiger partial charge in [0.05, 0.1) is 39.6 Å². The second-order valence-corrected chi connectivity index (χ2v) is 4.80. The van der Waals surface area contributed by atoms with Gasteiger partial charge in [0.15, 0.2) is 6.29 Å². The quantitative estimate of drug-likeness (QED) is 0.282. The largest absolute Gasteiger partial charge is 0.378 e. The topological polar surface area (TPSA) is 36.9 Å². The first kappa shape index (κ1) is 23.3. The fourth-order valence-electron chi connectivity index (χ4n) is 0.900. The van der Waals surface area contributed by atoms with E-state index in [1.54, 1.807) is 0 Å². The van der Waals surface area contributed by atoms with Gasteiger partial charge in [0.1, 0.15) is 0 Å². The summed E-state index contributed by atoms with van der Waals surface area (Å²) in [5.74, 6) is 2.06. The van der Waals surface area contributed by atoms with Gasteiger partial charge in [-0.3, -0.25) is 0 Å². The van der Waals surface area contributed by atoms with Crippen molar-refractivity contribution in [1.29, 1.82) is 0 Å². The first-order chi connectivity index (χ1) is 9.72. The van der Waals surface area contributed by atoms with Crippen LogP contribution in [0.25, 0.3) is 0 Å². The molecular formula is C12H24Cl4O4. The van der Waals surface area contributed by atoms with Crippen LogP contribution in [-0.4, -0.2) is 69.5 Å². The third-order valence-corrected chi connectivity index (χ3v) is 2.29. The Kier molecular flexibility index (Phi) is 25.9. The molecule has 0 radical (unpaired) electrons. The van der Waals surface area contributed by atoms with Crippen molar-refractivity contribution in [2.75, 3.05) is 63.2 Å². The van der Waals surface area contributed by atoms with Gasteiger partial charge in [-0.25, -0.2) is 0 Å². The Morgan fingerprint density at radius 3 is 1.25 bits per heavy atom. The van der Waals surface area contributed by atoms with Crippen LogP contribution < -0.4 is 0 Å². The third-order valence-electron chi connectivity index (χ3n) is 1.67. The van der Waals surface area contributed by atoms with Gasteiger partial charge in [-0.1, -0.05) is 0 Å². The lowest BCUT2D eigenvalue weighted by atomic mass is 10.7. The van der Waals surface area contributed by atoms with Crippen molar-refractivity contribution in [3.05, 3.63) is 0 Å². The summed E-state index contributed by atoms with van der Waals surface area (Å²) >= 11 is 21.5. The zero-order valence-electron chi connectivity index (χ0n) is 11.8. The van der Waals surface area contributed by atoms with E-state index < -0.39 is 0 Å². The molecule has 0 atom stereocenters. The summed E-state index contributed by atoms with van der Waals surface area (Å²) in [6, 6.07) is 0. The second kappa shape index (κ2) is 22.3. The van der Waals surface area contributed by atoms with Gasteiger partial charge in [-0.2, -0.15) is 0 Å². The SMILES string of the molecule is CC(OCCCl)OCCCl.ClCCOCCOCCCl. The molecule has 0 N–H and O–H groups in total. The lowest BCUT2D eigenvalue weighted by Gasteiger charge is -2.11. The minimum atomic E-state index is -0.197. The van der Waals surface area contributed by atoms with E-state index in [4.69, 9.17) is 65.4 Å². The normalized spacial score (nSPS) is 10.5. The molecule has 0 heterocycles. The van der Waals surface area contributed by atoms with Crippen LogP contribution in [0.15, 0.2) is 0 Å². The van der Waals surface area contributed by atoms with Gasteiger partial charge in [-0.15, -0.1) is 46.4 Å². The lowest BCUT2D eigenvalue weighted by Crippen LogP contribution is -2.15. The first-order valence-corrected chi connectivity index (χ1v) is 8.49. The Morgan fingerprint density at radius 1 is 0.600 bits per heavy atom. The summed E-state index contributed by atoms with van der Waals surface area (Å²) in [6.45, 7) is 5.24. The summed E-state index contributed by atoms with van der Waals surface area (Å²) in [4.78, 5) is 0. The molecule has 0 aliphatic rings. The Bertz CT molecular complexity index is 150. The summed E-state index contributed by atoms with van der Waals surface area (Å²) in [5, 5.41) is 0. The molecule has 0 fully saturated rings. The average molecular weight is 374 g/mol. The molecule has 0 rings (SSSR count). The molecule has 0 saturated carbocycles. The molecule has 0 aromatic carbocycles. The maximum atomic E-state index is 5.37. The molecule has 0 aromatic rings. The number of rotatable bonds is 13. The van der Waals surface area contributed by atoms with Crippen LogP contribution in [-0.2, 0) is 18.9 Å². The van der Waals surface area contributed by atoms with E-state index in [-0.39, 0.29) is 6.29 Å². The molecule has 0 spiro atoms. The van der Waals surface area contributed by atoms with Gasteiger partial charge < -0.3 is 18.9 Å². The van der Waals surface area contributed by atoms with Gasteiger partial charge >= 0.3 is 0 Å². The van der Waals surface area contributed by atoms with Gasteiger partial charge in [0.25, 0.3) is 0 Å². The number of alkyl halides is 4. The molecule has 4 nitrogen and oxygen atoms in total. The van der Waals surface area contributed by atoms with E-state index in [0.717, 1.165) is 0 Å². The van der Waals surface area contributed by atoms with Gasteiger partial charge in [0, 0.05) is 23.5 Å². The van der Waals surface area contributed by atoms with Crippen LogP contribution in [0.2, 0.25) is 0 Å². The highest BCUT2D eigenvalue weighted by molar-refractivity contribution is 6.18. The minimum Gasteiger partial charge on any atom is -0.378 e. The molecular weight excluding hydrogens is 350 g/mol. The Balaban J connectivity index is 0. The Hall–Kier alpha value is 1.000. The van der Waals surface area contributed by atoms with Crippen LogP contribution in [0.1, 0.15) is 6.92 Å². The average Bonchev–Trinajstić information content (AvgIpc) is 2.47. The van der Waals surface area contributed by atoms with Gasteiger partial charge in [0.2, 0.25) is 0 Å². The van der Waals surface area contributed by atoms with Crippen molar-refractivity contribution in [2.45, 2.75) is 13.2 Å². The van der Waals surface area contributed by atoms with Crippen LogP contribution in [0, 0.1) is 0 Å². The highest BCUT2D eigenvalue weighted by Gasteiger charge is 1.98. The number of hydrogen-bond acceptors (Lipinski definition) is 4. The van der Waals surface area contributed by atoms with Crippen molar-refractivity contribution < 1.29 is 18.9 Å². The van der Waals surface area contributed by atoms with E-state index in [0.29, 0.717) is 63.2 Å². The molecule has 0 aliphatic heterocycles. The highest BCUT2D eigenvalue weighted by atomic mass is 35.5. The van der Waals surface area contributed by atoms with Crippen LogP contribution in [0.5, 0.6) is 0 Å². The zero-order chi connectivity index (χ0) is 15.5.